The molecule has 0 saturated heterocycles. The van der Waals surface area contributed by atoms with Crippen LogP contribution < -0.4 is 17.0 Å². The summed E-state index contributed by atoms with van der Waals surface area (Å²) >= 11 is 1.19. The first-order valence-electron chi connectivity index (χ1n) is 3.42. The van der Waals surface area contributed by atoms with Crippen molar-refractivity contribution in [1.29, 1.82) is 0 Å². The van der Waals surface area contributed by atoms with E-state index < -0.39 is 0 Å². The highest BCUT2D eigenvalue weighted by Gasteiger charge is 2.04. The molecule has 0 bridgehead atoms. The molecule has 0 aliphatic rings. The first kappa shape index (κ1) is 9.75. The predicted octanol–water partition coefficient (Wildman–Crippen LogP) is -0.859. The molecular weight excluding hydrogens is 190 g/mol. The fourth-order valence-corrected chi connectivity index (χ4v) is 1.31. The van der Waals surface area contributed by atoms with E-state index in [0.29, 0.717) is 10.8 Å². The number of hydrogen-bond donors (Lipinski definition) is 3. The Morgan fingerprint density at radius 3 is 2.85 bits per heavy atom. The molecule has 0 unspecified atom stereocenters. The molecule has 1 aromatic heterocycles. The van der Waals surface area contributed by atoms with Crippen LogP contribution in [0.25, 0.3) is 0 Å². The van der Waals surface area contributed by atoms with Gasteiger partial charge in [-0.1, -0.05) is 11.8 Å². The lowest BCUT2D eigenvalue weighted by atomic mass is 10.7. The third-order valence-electron chi connectivity index (χ3n) is 1.19. The molecule has 0 saturated carbocycles. The maximum Gasteiger partial charge on any atom is 0.244 e. The van der Waals surface area contributed by atoms with Crippen LogP contribution in [0, 0.1) is 0 Å². The molecule has 1 aromatic rings. The maximum atomic E-state index is 10.8. The van der Waals surface area contributed by atoms with Gasteiger partial charge in [0.2, 0.25) is 5.91 Å². The number of nitrogens with zero attached hydrogens (tertiary/aromatic N) is 2. The number of nitrogens with two attached hydrogens (primary N) is 2. The summed E-state index contributed by atoms with van der Waals surface area (Å²) in [5, 5.41) is 0.533. The van der Waals surface area contributed by atoms with Crippen LogP contribution >= 0.6 is 11.8 Å². The van der Waals surface area contributed by atoms with Crippen molar-refractivity contribution >= 4 is 23.5 Å². The van der Waals surface area contributed by atoms with Crippen molar-refractivity contribution in [2.75, 3.05) is 11.5 Å². The summed E-state index contributed by atoms with van der Waals surface area (Å²) in [5.41, 5.74) is 7.50. The second-order valence-electron chi connectivity index (χ2n) is 2.10. The SMILES string of the molecule is NNC(=O)CSc1nccnc1N. The molecule has 6 nitrogen and oxygen atoms in total. The van der Waals surface area contributed by atoms with E-state index in [-0.39, 0.29) is 11.7 Å². The minimum Gasteiger partial charge on any atom is -0.381 e. The molecule has 0 atom stereocenters. The van der Waals surface area contributed by atoms with Gasteiger partial charge in [-0.3, -0.25) is 10.2 Å². The number of anilines is 1. The van der Waals surface area contributed by atoms with E-state index in [2.05, 4.69) is 9.97 Å². The summed E-state index contributed by atoms with van der Waals surface area (Å²) in [6.45, 7) is 0. The number of carbonyl (C=O) groups is 1. The summed E-state index contributed by atoms with van der Waals surface area (Å²) in [6, 6.07) is 0. The van der Waals surface area contributed by atoms with Gasteiger partial charge in [-0.15, -0.1) is 0 Å². The summed E-state index contributed by atoms with van der Waals surface area (Å²) in [5.74, 6) is 5.11. The zero-order chi connectivity index (χ0) is 9.68. The highest BCUT2D eigenvalue weighted by atomic mass is 32.2. The van der Waals surface area contributed by atoms with Crippen LogP contribution in [-0.2, 0) is 4.79 Å². The molecule has 0 radical (unpaired) electrons. The topological polar surface area (TPSA) is 107 Å². The van der Waals surface area contributed by atoms with Gasteiger partial charge in [0, 0.05) is 12.4 Å². The first-order chi connectivity index (χ1) is 6.24. The van der Waals surface area contributed by atoms with Crippen LogP contribution in [0.4, 0.5) is 5.82 Å². The highest BCUT2D eigenvalue weighted by molar-refractivity contribution is 8.00. The Balaban J connectivity index is 2.54. The van der Waals surface area contributed by atoms with E-state index in [1.165, 1.54) is 24.2 Å². The smallest absolute Gasteiger partial charge is 0.244 e. The largest absolute Gasteiger partial charge is 0.381 e. The van der Waals surface area contributed by atoms with Crippen LogP contribution in [0.3, 0.4) is 0 Å². The first-order valence-corrected chi connectivity index (χ1v) is 4.41. The molecule has 0 aromatic carbocycles. The molecule has 70 valence electrons. The minimum atomic E-state index is -0.282. The molecule has 1 rings (SSSR count). The molecule has 0 fully saturated rings. The van der Waals surface area contributed by atoms with Crippen molar-refractivity contribution in [3.63, 3.8) is 0 Å². The molecule has 1 heterocycles. The lowest BCUT2D eigenvalue weighted by Gasteiger charge is -2.01. The number of aromatic nitrogens is 2. The van der Waals surface area contributed by atoms with Crippen molar-refractivity contribution in [1.82, 2.24) is 15.4 Å². The van der Waals surface area contributed by atoms with Gasteiger partial charge in [0.25, 0.3) is 0 Å². The highest BCUT2D eigenvalue weighted by Crippen LogP contribution is 2.18. The van der Waals surface area contributed by atoms with Crippen molar-refractivity contribution in [3.05, 3.63) is 12.4 Å². The van der Waals surface area contributed by atoms with Crippen molar-refractivity contribution in [2.45, 2.75) is 5.03 Å². The van der Waals surface area contributed by atoms with Crippen molar-refractivity contribution < 1.29 is 4.79 Å². The van der Waals surface area contributed by atoms with Gasteiger partial charge in [-0.25, -0.2) is 15.8 Å². The predicted molar refractivity (Wildman–Crippen MR) is 49.5 cm³/mol. The van der Waals surface area contributed by atoms with Crippen molar-refractivity contribution in [3.8, 4) is 0 Å². The fourth-order valence-electron chi connectivity index (χ4n) is 0.623. The van der Waals surface area contributed by atoms with Crippen LogP contribution in [0.2, 0.25) is 0 Å². The Kier molecular flexibility index (Phi) is 3.47. The zero-order valence-corrected chi connectivity index (χ0v) is 7.54. The zero-order valence-electron chi connectivity index (χ0n) is 6.73. The number of nitrogen functional groups attached to an aromatic ring is 1. The molecule has 13 heavy (non-hydrogen) atoms. The van der Waals surface area contributed by atoms with Gasteiger partial charge in [0.1, 0.15) is 5.03 Å². The molecule has 0 aliphatic heterocycles. The summed E-state index contributed by atoms with van der Waals surface area (Å²) < 4.78 is 0. The third-order valence-corrected chi connectivity index (χ3v) is 2.19. The van der Waals surface area contributed by atoms with Crippen LogP contribution in [0.15, 0.2) is 17.4 Å². The van der Waals surface area contributed by atoms with Crippen LogP contribution in [0.1, 0.15) is 0 Å². The van der Waals surface area contributed by atoms with Crippen LogP contribution in [-0.4, -0.2) is 21.6 Å². The Bertz CT molecular complexity index is 305. The number of rotatable bonds is 3. The average molecular weight is 199 g/mol. The normalized spacial score (nSPS) is 9.62. The second-order valence-corrected chi connectivity index (χ2v) is 3.07. The maximum absolute atomic E-state index is 10.8. The standard InChI is InChI=1S/C6H9N5OS/c7-5-6(10-2-1-9-5)13-3-4(12)11-8/h1-2H,3,8H2,(H2,7,9)(H,11,12). The van der Waals surface area contributed by atoms with Gasteiger partial charge in [-0.05, 0) is 0 Å². The summed E-state index contributed by atoms with van der Waals surface area (Å²) in [4.78, 5) is 18.5. The minimum absolute atomic E-state index is 0.180. The fraction of sp³-hybridized carbons (Fsp3) is 0.167. The number of carbonyl (C=O) groups excluding carboxylic acids is 1. The van der Waals surface area contributed by atoms with E-state index in [4.69, 9.17) is 11.6 Å². The van der Waals surface area contributed by atoms with E-state index >= 15 is 0 Å². The van der Waals surface area contributed by atoms with Gasteiger partial charge < -0.3 is 5.73 Å². The van der Waals surface area contributed by atoms with Gasteiger partial charge in [0.15, 0.2) is 5.82 Å². The van der Waals surface area contributed by atoms with Gasteiger partial charge in [0.05, 0.1) is 5.75 Å². The quantitative estimate of drug-likeness (QED) is 0.253. The van der Waals surface area contributed by atoms with E-state index in [0.717, 1.165) is 0 Å². The summed E-state index contributed by atoms with van der Waals surface area (Å²) in [7, 11) is 0. The van der Waals surface area contributed by atoms with E-state index in [1.54, 1.807) is 0 Å². The number of hydrazine groups is 1. The number of thioether (sulfide) groups is 1. The number of nitrogens with one attached hydrogen (secondary N) is 1. The van der Waals surface area contributed by atoms with Gasteiger partial charge in [-0.2, -0.15) is 0 Å². The van der Waals surface area contributed by atoms with E-state index in [9.17, 15) is 4.79 Å². The lowest BCUT2D eigenvalue weighted by Crippen LogP contribution is -2.31. The number of amides is 1. The Hall–Kier alpha value is -1.34. The summed E-state index contributed by atoms with van der Waals surface area (Å²) in [6.07, 6.45) is 3.00. The Labute approximate surface area is 79.1 Å². The third kappa shape index (κ3) is 2.88. The molecule has 1 amide bonds. The molecule has 5 N–H and O–H groups in total. The molecule has 7 heteroatoms. The van der Waals surface area contributed by atoms with Gasteiger partial charge >= 0.3 is 0 Å². The lowest BCUT2D eigenvalue weighted by molar-refractivity contribution is -0.118. The second kappa shape index (κ2) is 4.63. The average Bonchev–Trinajstić information content (AvgIpc) is 2.16. The number of hydrogen-bond acceptors (Lipinski definition) is 6. The monoisotopic (exact) mass is 199 g/mol. The molecule has 0 spiro atoms. The molecule has 0 aliphatic carbocycles. The van der Waals surface area contributed by atoms with E-state index in [1.807, 2.05) is 5.43 Å². The van der Waals surface area contributed by atoms with Crippen molar-refractivity contribution in [2.24, 2.45) is 5.84 Å². The van der Waals surface area contributed by atoms with Crippen LogP contribution in [0.5, 0.6) is 0 Å². The Morgan fingerprint density at radius 2 is 2.23 bits per heavy atom. The Morgan fingerprint density at radius 1 is 1.54 bits per heavy atom. The molecular formula is C6H9N5OS.